The molecule has 2 aromatic heterocycles. The lowest BCUT2D eigenvalue weighted by Crippen LogP contribution is -1.96. The number of carboxylic acid groups (broad SMARTS) is 1. The first-order valence-electron chi connectivity index (χ1n) is 5.66. The number of aromatic carboxylic acids is 1. The van der Waals surface area contributed by atoms with Gasteiger partial charge < -0.3 is 15.1 Å². The van der Waals surface area contributed by atoms with Gasteiger partial charge in [-0.3, -0.25) is 0 Å². The zero-order chi connectivity index (χ0) is 12.7. The highest BCUT2D eigenvalue weighted by Crippen LogP contribution is 2.27. The Morgan fingerprint density at radius 3 is 2.83 bits per heavy atom. The quantitative estimate of drug-likeness (QED) is 0.644. The average Bonchev–Trinajstić information content (AvgIpc) is 2.95. The van der Waals surface area contributed by atoms with Crippen molar-refractivity contribution in [1.82, 2.24) is 9.97 Å². The van der Waals surface area contributed by atoms with E-state index in [0.717, 1.165) is 16.6 Å². The first-order chi connectivity index (χ1) is 8.66. The molecule has 0 radical (unpaired) electrons. The zero-order valence-corrected chi connectivity index (χ0v) is 9.82. The number of aromatic nitrogens is 2. The van der Waals surface area contributed by atoms with Gasteiger partial charge in [0.05, 0.1) is 17.0 Å². The highest BCUT2D eigenvalue weighted by Gasteiger charge is 2.14. The Kier molecular flexibility index (Phi) is 2.23. The minimum Gasteiger partial charge on any atom is -0.478 e. The Morgan fingerprint density at radius 2 is 2.11 bits per heavy atom. The van der Waals surface area contributed by atoms with Gasteiger partial charge in [-0.05, 0) is 30.7 Å². The zero-order valence-electron chi connectivity index (χ0n) is 9.82. The van der Waals surface area contributed by atoms with Gasteiger partial charge in [0, 0.05) is 17.1 Å². The van der Waals surface area contributed by atoms with Gasteiger partial charge in [0.15, 0.2) is 0 Å². The molecule has 0 saturated carbocycles. The van der Waals surface area contributed by atoms with E-state index >= 15 is 0 Å². The van der Waals surface area contributed by atoms with Gasteiger partial charge in [-0.15, -0.1) is 0 Å². The number of aryl methyl sites for hydroxylation is 1. The van der Waals surface area contributed by atoms with Crippen LogP contribution < -0.4 is 0 Å². The summed E-state index contributed by atoms with van der Waals surface area (Å²) in [4.78, 5) is 17.3. The Labute approximate surface area is 103 Å². The molecule has 90 valence electrons. The molecule has 4 heteroatoms. The van der Waals surface area contributed by atoms with Gasteiger partial charge in [-0.25, -0.2) is 4.79 Å². The van der Waals surface area contributed by atoms with E-state index in [1.165, 1.54) is 5.56 Å². The van der Waals surface area contributed by atoms with Crippen LogP contribution in [0.4, 0.5) is 0 Å². The number of hydrogen-bond donors (Lipinski definition) is 3. The molecule has 0 aliphatic carbocycles. The Balaban J connectivity index is 2.23. The van der Waals surface area contributed by atoms with Crippen molar-refractivity contribution >= 4 is 16.9 Å². The molecule has 0 fully saturated rings. The monoisotopic (exact) mass is 240 g/mol. The van der Waals surface area contributed by atoms with Gasteiger partial charge in [0.1, 0.15) is 0 Å². The topological polar surface area (TPSA) is 68.9 Å². The number of H-pyrrole nitrogens is 2. The third kappa shape index (κ3) is 1.50. The highest BCUT2D eigenvalue weighted by molar-refractivity contribution is 5.97. The third-order valence-electron chi connectivity index (χ3n) is 3.13. The predicted molar refractivity (Wildman–Crippen MR) is 69.8 cm³/mol. The van der Waals surface area contributed by atoms with Crippen LogP contribution in [0, 0.1) is 6.92 Å². The molecule has 2 heterocycles. The fourth-order valence-corrected chi connectivity index (χ4v) is 2.21. The fraction of sp³-hybridized carbons (Fsp3) is 0.0714. The average molecular weight is 240 g/mol. The summed E-state index contributed by atoms with van der Waals surface area (Å²) >= 11 is 0. The van der Waals surface area contributed by atoms with Crippen molar-refractivity contribution < 1.29 is 9.90 Å². The second kappa shape index (κ2) is 3.77. The van der Waals surface area contributed by atoms with E-state index in [1.807, 2.05) is 31.2 Å². The SMILES string of the molecule is Cc1cccc2[nH]c(-c3[nH]ccc3C(=O)O)cc12. The van der Waals surface area contributed by atoms with Gasteiger partial charge in [-0.2, -0.15) is 0 Å². The van der Waals surface area contributed by atoms with Gasteiger partial charge >= 0.3 is 5.97 Å². The van der Waals surface area contributed by atoms with Crippen molar-refractivity contribution in [2.45, 2.75) is 6.92 Å². The largest absolute Gasteiger partial charge is 0.478 e. The summed E-state index contributed by atoms with van der Waals surface area (Å²) in [7, 11) is 0. The summed E-state index contributed by atoms with van der Waals surface area (Å²) in [5, 5.41) is 10.2. The number of carbonyl (C=O) groups is 1. The molecule has 0 atom stereocenters. The summed E-state index contributed by atoms with van der Waals surface area (Å²) in [6.45, 7) is 2.03. The van der Waals surface area contributed by atoms with Crippen LogP contribution in [0.5, 0.6) is 0 Å². The van der Waals surface area contributed by atoms with Crippen LogP contribution >= 0.6 is 0 Å². The first kappa shape index (κ1) is 10.7. The second-order valence-electron chi connectivity index (χ2n) is 4.29. The summed E-state index contributed by atoms with van der Waals surface area (Å²) in [6.07, 6.45) is 1.64. The standard InChI is InChI=1S/C14H12N2O2/c1-8-3-2-4-11-10(8)7-12(16-11)13-9(14(17)18)5-6-15-13/h2-7,15-16H,1H3,(H,17,18). The molecule has 3 aromatic rings. The molecule has 1 aromatic carbocycles. The molecule has 0 bridgehead atoms. The van der Waals surface area contributed by atoms with Gasteiger partial charge in [-0.1, -0.05) is 12.1 Å². The van der Waals surface area contributed by atoms with Crippen LogP contribution in [-0.2, 0) is 0 Å². The van der Waals surface area contributed by atoms with Crippen LogP contribution in [0.3, 0.4) is 0 Å². The molecule has 0 aliphatic heterocycles. The maximum atomic E-state index is 11.1. The molecule has 0 amide bonds. The van der Waals surface area contributed by atoms with Crippen molar-refractivity contribution in [1.29, 1.82) is 0 Å². The van der Waals surface area contributed by atoms with Crippen molar-refractivity contribution in [3.63, 3.8) is 0 Å². The number of benzene rings is 1. The van der Waals surface area contributed by atoms with Crippen LogP contribution in [0.1, 0.15) is 15.9 Å². The molecule has 0 unspecified atom stereocenters. The summed E-state index contributed by atoms with van der Waals surface area (Å²) in [5.74, 6) is -0.929. The molecule has 18 heavy (non-hydrogen) atoms. The predicted octanol–water partition coefficient (Wildman–Crippen LogP) is 3.17. The Morgan fingerprint density at radius 1 is 1.28 bits per heavy atom. The summed E-state index contributed by atoms with van der Waals surface area (Å²) in [5.41, 5.74) is 3.85. The maximum absolute atomic E-state index is 11.1. The van der Waals surface area contributed by atoms with Crippen LogP contribution in [0.25, 0.3) is 22.3 Å². The van der Waals surface area contributed by atoms with Crippen molar-refractivity contribution in [3.05, 3.63) is 47.7 Å². The van der Waals surface area contributed by atoms with Gasteiger partial charge in [0.25, 0.3) is 0 Å². The molecular weight excluding hydrogens is 228 g/mol. The minimum atomic E-state index is -0.929. The molecule has 4 nitrogen and oxygen atoms in total. The smallest absolute Gasteiger partial charge is 0.337 e. The lowest BCUT2D eigenvalue weighted by atomic mass is 10.1. The first-order valence-corrected chi connectivity index (χ1v) is 5.66. The number of rotatable bonds is 2. The molecule has 0 spiro atoms. The lowest BCUT2D eigenvalue weighted by molar-refractivity contribution is 0.0698. The molecule has 0 saturated heterocycles. The number of aromatic amines is 2. The summed E-state index contributed by atoms with van der Waals surface area (Å²) < 4.78 is 0. The minimum absolute atomic E-state index is 0.277. The van der Waals surface area contributed by atoms with E-state index in [9.17, 15) is 4.79 Å². The van der Waals surface area contributed by atoms with E-state index in [1.54, 1.807) is 12.3 Å². The van der Waals surface area contributed by atoms with Crippen LogP contribution in [0.2, 0.25) is 0 Å². The maximum Gasteiger partial charge on any atom is 0.337 e. The van der Waals surface area contributed by atoms with Crippen molar-refractivity contribution in [2.75, 3.05) is 0 Å². The normalized spacial score (nSPS) is 10.9. The number of carboxylic acids is 1. The molecule has 0 aliphatic rings. The lowest BCUT2D eigenvalue weighted by Gasteiger charge is -1.96. The third-order valence-corrected chi connectivity index (χ3v) is 3.13. The molecule has 3 N–H and O–H groups in total. The fourth-order valence-electron chi connectivity index (χ4n) is 2.21. The van der Waals surface area contributed by atoms with Crippen molar-refractivity contribution in [3.8, 4) is 11.4 Å². The van der Waals surface area contributed by atoms with E-state index < -0.39 is 5.97 Å². The van der Waals surface area contributed by atoms with E-state index in [2.05, 4.69) is 9.97 Å². The van der Waals surface area contributed by atoms with Crippen LogP contribution in [0.15, 0.2) is 36.5 Å². The Hall–Kier alpha value is -2.49. The van der Waals surface area contributed by atoms with E-state index in [-0.39, 0.29) is 5.56 Å². The number of hydrogen-bond acceptors (Lipinski definition) is 1. The molecule has 3 rings (SSSR count). The highest BCUT2D eigenvalue weighted by atomic mass is 16.4. The van der Waals surface area contributed by atoms with Crippen LogP contribution in [-0.4, -0.2) is 21.0 Å². The number of fused-ring (bicyclic) bond motifs is 1. The second-order valence-corrected chi connectivity index (χ2v) is 4.29. The van der Waals surface area contributed by atoms with Crippen molar-refractivity contribution in [2.24, 2.45) is 0 Å². The summed E-state index contributed by atoms with van der Waals surface area (Å²) in [6, 6.07) is 9.53. The Bertz CT molecular complexity index is 737. The number of nitrogens with one attached hydrogen (secondary N) is 2. The molecular formula is C14H12N2O2. The van der Waals surface area contributed by atoms with E-state index in [0.29, 0.717) is 5.69 Å². The van der Waals surface area contributed by atoms with Gasteiger partial charge in [0.2, 0.25) is 0 Å². The van der Waals surface area contributed by atoms with E-state index in [4.69, 9.17) is 5.11 Å².